The molecule has 0 saturated carbocycles. The lowest BCUT2D eigenvalue weighted by Gasteiger charge is -2.03. The Bertz CT molecular complexity index is 550. The molecule has 3 N–H and O–H groups in total. The van der Waals surface area contributed by atoms with Gasteiger partial charge in [-0.3, -0.25) is 4.99 Å². The van der Waals surface area contributed by atoms with Gasteiger partial charge in [-0.15, -0.1) is 0 Å². The van der Waals surface area contributed by atoms with E-state index in [2.05, 4.69) is 4.99 Å². The number of hydrogen-bond donors (Lipinski definition) is 3. The summed E-state index contributed by atoms with van der Waals surface area (Å²) in [6.07, 6.45) is 1.42. The maximum atomic E-state index is 9.56. The van der Waals surface area contributed by atoms with Gasteiger partial charge in [0.05, 0.1) is 5.69 Å². The predicted molar refractivity (Wildman–Crippen MR) is 65.1 cm³/mol. The van der Waals surface area contributed by atoms with Crippen LogP contribution in [0.5, 0.6) is 17.2 Å². The van der Waals surface area contributed by atoms with Gasteiger partial charge in [0, 0.05) is 11.8 Å². The maximum absolute atomic E-state index is 9.56. The third-order valence-corrected chi connectivity index (χ3v) is 2.27. The van der Waals surface area contributed by atoms with Gasteiger partial charge in [-0.25, -0.2) is 0 Å². The van der Waals surface area contributed by atoms with Crippen molar-refractivity contribution < 1.29 is 15.3 Å². The SMILES string of the molecule is Oc1ccc(/C=N/c2ccccc2)c(O)c1O. The third-order valence-electron chi connectivity index (χ3n) is 2.27. The van der Waals surface area contributed by atoms with E-state index in [1.807, 2.05) is 30.3 Å². The lowest BCUT2D eigenvalue weighted by atomic mass is 10.2. The molecular formula is C13H11NO3. The Kier molecular flexibility index (Phi) is 2.96. The molecule has 2 aromatic carbocycles. The second kappa shape index (κ2) is 4.57. The zero-order chi connectivity index (χ0) is 12.3. The predicted octanol–water partition coefficient (Wildman–Crippen LogP) is 2.55. The van der Waals surface area contributed by atoms with E-state index in [1.54, 1.807) is 0 Å². The van der Waals surface area contributed by atoms with Crippen LogP contribution < -0.4 is 0 Å². The third kappa shape index (κ3) is 2.36. The Hall–Kier alpha value is -2.49. The number of aliphatic imine (C=N–C) groups is 1. The van der Waals surface area contributed by atoms with E-state index >= 15 is 0 Å². The van der Waals surface area contributed by atoms with Crippen LogP contribution in [0.2, 0.25) is 0 Å². The van der Waals surface area contributed by atoms with Gasteiger partial charge in [0.2, 0.25) is 5.75 Å². The van der Waals surface area contributed by atoms with Crippen molar-refractivity contribution in [3.63, 3.8) is 0 Å². The van der Waals surface area contributed by atoms with Crippen LogP contribution in [-0.4, -0.2) is 21.5 Å². The lowest BCUT2D eigenvalue weighted by molar-refractivity contribution is 0.367. The lowest BCUT2D eigenvalue weighted by Crippen LogP contribution is -1.83. The van der Waals surface area contributed by atoms with Crippen LogP contribution in [0.3, 0.4) is 0 Å². The van der Waals surface area contributed by atoms with Gasteiger partial charge in [0.1, 0.15) is 0 Å². The van der Waals surface area contributed by atoms with Crippen molar-refractivity contribution >= 4 is 11.9 Å². The van der Waals surface area contributed by atoms with Crippen molar-refractivity contribution in [2.45, 2.75) is 0 Å². The number of nitrogens with zero attached hydrogens (tertiary/aromatic N) is 1. The molecule has 2 aromatic rings. The Labute approximate surface area is 98.1 Å². The van der Waals surface area contributed by atoms with Gasteiger partial charge in [-0.05, 0) is 24.3 Å². The highest BCUT2D eigenvalue weighted by Gasteiger charge is 2.08. The summed E-state index contributed by atoms with van der Waals surface area (Å²) in [7, 11) is 0. The second-order valence-corrected chi connectivity index (χ2v) is 3.46. The molecule has 0 bridgehead atoms. The average molecular weight is 229 g/mol. The van der Waals surface area contributed by atoms with Gasteiger partial charge in [-0.2, -0.15) is 0 Å². The zero-order valence-electron chi connectivity index (χ0n) is 8.91. The van der Waals surface area contributed by atoms with Crippen LogP contribution in [0.1, 0.15) is 5.56 Å². The van der Waals surface area contributed by atoms with Crippen molar-refractivity contribution in [1.29, 1.82) is 0 Å². The molecule has 0 aliphatic rings. The van der Waals surface area contributed by atoms with Crippen molar-refractivity contribution in [1.82, 2.24) is 0 Å². The molecule has 0 radical (unpaired) electrons. The Balaban J connectivity index is 2.31. The summed E-state index contributed by atoms with van der Waals surface area (Å²) in [4.78, 5) is 4.13. The first-order valence-electron chi connectivity index (χ1n) is 5.01. The number of aromatic hydroxyl groups is 3. The van der Waals surface area contributed by atoms with Crippen LogP contribution in [-0.2, 0) is 0 Å². The van der Waals surface area contributed by atoms with Gasteiger partial charge in [0.15, 0.2) is 11.5 Å². The minimum absolute atomic E-state index is 0.337. The fourth-order valence-corrected chi connectivity index (χ4v) is 1.35. The van der Waals surface area contributed by atoms with Crippen molar-refractivity contribution in [2.75, 3.05) is 0 Å². The van der Waals surface area contributed by atoms with E-state index in [0.717, 1.165) is 5.69 Å². The van der Waals surface area contributed by atoms with E-state index in [0.29, 0.717) is 5.56 Å². The average Bonchev–Trinajstić information content (AvgIpc) is 2.36. The van der Waals surface area contributed by atoms with Crippen LogP contribution >= 0.6 is 0 Å². The van der Waals surface area contributed by atoms with E-state index in [4.69, 9.17) is 5.11 Å². The summed E-state index contributed by atoms with van der Waals surface area (Å²) in [5, 5.41) is 28.0. The largest absolute Gasteiger partial charge is 0.504 e. The molecule has 0 spiro atoms. The van der Waals surface area contributed by atoms with Crippen LogP contribution in [0.4, 0.5) is 5.69 Å². The quantitative estimate of drug-likeness (QED) is 0.547. The van der Waals surface area contributed by atoms with Gasteiger partial charge in [0.25, 0.3) is 0 Å². The van der Waals surface area contributed by atoms with E-state index in [1.165, 1.54) is 18.3 Å². The van der Waals surface area contributed by atoms with Gasteiger partial charge >= 0.3 is 0 Å². The Morgan fingerprint density at radius 1 is 0.824 bits per heavy atom. The van der Waals surface area contributed by atoms with Crippen LogP contribution in [0, 0.1) is 0 Å². The second-order valence-electron chi connectivity index (χ2n) is 3.46. The van der Waals surface area contributed by atoms with E-state index in [-0.39, 0.29) is 11.5 Å². The molecule has 0 aliphatic carbocycles. The summed E-state index contributed by atoms with van der Waals surface area (Å²) in [6, 6.07) is 12.0. The normalized spacial score (nSPS) is 10.8. The molecule has 0 unspecified atom stereocenters. The van der Waals surface area contributed by atoms with Crippen LogP contribution in [0.25, 0.3) is 0 Å². The van der Waals surface area contributed by atoms with Crippen molar-refractivity contribution in [3.05, 3.63) is 48.0 Å². The molecule has 0 fully saturated rings. The molecule has 0 saturated heterocycles. The number of phenols is 3. The highest BCUT2D eigenvalue weighted by atomic mass is 16.3. The summed E-state index contributed by atoms with van der Waals surface area (Å²) >= 11 is 0. The number of para-hydroxylation sites is 1. The first kappa shape index (κ1) is 11.0. The smallest absolute Gasteiger partial charge is 0.200 e. The molecule has 0 atom stereocenters. The molecule has 4 nitrogen and oxygen atoms in total. The first-order chi connectivity index (χ1) is 8.18. The van der Waals surface area contributed by atoms with Crippen LogP contribution in [0.15, 0.2) is 47.5 Å². The first-order valence-corrected chi connectivity index (χ1v) is 5.01. The summed E-state index contributed by atoms with van der Waals surface area (Å²) in [6.45, 7) is 0. The van der Waals surface area contributed by atoms with Crippen molar-refractivity contribution in [3.8, 4) is 17.2 Å². The topological polar surface area (TPSA) is 73.1 Å². The fraction of sp³-hybridized carbons (Fsp3) is 0. The van der Waals surface area contributed by atoms with E-state index < -0.39 is 5.75 Å². The minimum Gasteiger partial charge on any atom is -0.504 e. The highest BCUT2D eigenvalue weighted by molar-refractivity contribution is 5.87. The zero-order valence-corrected chi connectivity index (χ0v) is 8.91. The Morgan fingerprint density at radius 2 is 1.53 bits per heavy atom. The molecule has 0 heterocycles. The summed E-state index contributed by atoms with van der Waals surface area (Å²) < 4.78 is 0. The molecule has 86 valence electrons. The monoisotopic (exact) mass is 229 g/mol. The number of phenolic OH excluding ortho intramolecular Hbond substituents is 3. The number of hydrogen-bond acceptors (Lipinski definition) is 4. The molecule has 0 aliphatic heterocycles. The molecule has 0 aromatic heterocycles. The molecule has 0 amide bonds. The molecule has 17 heavy (non-hydrogen) atoms. The van der Waals surface area contributed by atoms with E-state index in [9.17, 15) is 10.2 Å². The highest BCUT2D eigenvalue weighted by Crippen LogP contribution is 2.36. The van der Waals surface area contributed by atoms with Gasteiger partial charge < -0.3 is 15.3 Å². The summed E-state index contributed by atoms with van der Waals surface area (Å²) in [5.41, 5.74) is 1.07. The maximum Gasteiger partial charge on any atom is 0.200 e. The molecule has 4 heteroatoms. The standard InChI is InChI=1S/C13H11NO3/c15-11-7-6-9(12(16)13(11)17)8-14-10-4-2-1-3-5-10/h1-8,15-17H/b14-8+. The minimum atomic E-state index is -0.540. The fourth-order valence-electron chi connectivity index (χ4n) is 1.35. The van der Waals surface area contributed by atoms with Crippen molar-refractivity contribution in [2.24, 2.45) is 4.99 Å². The van der Waals surface area contributed by atoms with Gasteiger partial charge in [-0.1, -0.05) is 18.2 Å². The molecule has 2 rings (SSSR count). The summed E-state index contributed by atoms with van der Waals surface area (Å²) in [5.74, 6) is -1.29. The Morgan fingerprint density at radius 3 is 2.24 bits per heavy atom. The number of benzene rings is 2. The number of rotatable bonds is 2. The molecular weight excluding hydrogens is 218 g/mol.